The van der Waals surface area contributed by atoms with Gasteiger partial charge in [0.25, 0.3) is 0 Å². The summed E-state index contributed by atoms with van der Waals surface area (Å²) in [5, 5.41) is 3.31. The van der Waals surface area contributed by atoms with E-state index in [0.29, 0.717) is 11.6 Å². The highest BCUT2D eigenvalue weighted by atomic mass is 16.5. The first kappa shape index (κ1) is 15.1. The topological polar surface area (TPSA) is 64.3 Å². The summed E-state index contributed by atoms with van der Waals surface area (Å²) in [6, 6.07) is 5.66. The van der Waals surface area contributed by atoms with Crippen LogP contribution in [0.3, 0.4) is 0 Å². The maximum atomic E-state index is 11.0. The predicted octanol–water partition coefficient (Wildman–Crippen LogP) is 2.91. The summed E-state index contributed by atoms with van der Waals surface area (Å²) in [4.78, 5) is 11.0. The van der Waals surface area contributed by atoms with Gasteiger partial charge in [0, 0.05) is 12.6 Å². The fraction of sp³-hybridized carbons (Fsp3) is 0.400. The molecule has 4 heteroatoms. The second-order valence-electron chi connectivity index (χ2n) is 4.81. The summed E-state index contributed by atoms with van der Waals surface area (Å²) < 4.78 is 4.53. The molecule has 1 rings (SSSR count). The van der Waals surface area contributed by atoms with Gasteiger partial charge in [0.2, 0.25) is 0 Å². The van der Waals surface area contributed by atoms with E-state index in [4.69, 9.17) is 5.73 Å². The third-order valence-electron chi connectivity index (χ3n) is 2.73. The van der Waals surface area contributed by atoms with Gasteiger partial charge in [-0.05, 0) is 36.1 Å². The Kier molecular flexibility index (Phi) is 5.93. The van der Waals surface area contributed by atoms with E-state index in [1.165, 1.54) is 13.2 Å². The van der Waals surface area contributed by atoms with Gasteiger partial charge in [-0.2, -0.15) is 0 Å². The molecular weight excluding hydrogens is 240 g/mol. The zero-order valence-corrected chi connectivity index (χ0v) is 11.8. The Morgan fingerprint density at radius 2 is 2.21 bits per heavy atom. The van der Waals surface area contributed by atoms with Crippen LogP contribution in [-0.2, 0) is 9.53 Å². The number of hydrogen-bond acceptors (Lipinski definition) is 4. The Morgan fingerprint density at radius 3 is 2.79 bits per heavy atom. The lowest BCUT2D eigenvalue weighted by Crippen LogP contribution is -2.06. The summed E-state index contributed by atoms with van der Waals surface area (Å²) in [6.07, 6.45) is 4.16. The van der Waals surface area contributed by atoms with Crippen molar-refractivity contribution in [3.63, 3.8) is 0 Å². The first-order valence-electron chi connectivity index (χ1n) is 6.42. The summed E-state index contributed by atoms with van der Waals surface area (Å²) in [7, 11) is 1.35. The summed E-state index contributed by atoms with van der Waals surface area (Å²) in [5.74, 6) is 0.286. The van der Waals surface area contributed by atoms with E-state index in [1.807, 2.05) is 18.2 Å². The molecule has 0 amide bonds. The third kappa shape index (κ3) is 5.46. The molecular formula is C15H22N2O2. The highest BCUT2D eigenvalue weighted by Gasteiger charge is 2.00. The van der Waals surface area contributed by atoms with E-state index < -0.39 is 0 Å². The maximum absolute atomic E-state index is 11.0. The van der Waals surface area contributed by atoms with E-state index in [9.17, 15) is 4.79 Å². The van der Waals surface area contributed by atoms with Crippen molar-refractivity contribution < 1.29 is 9.53 Å². The van der Waals surface area contributed by atoms with Gasteiger partial charge in [0.15, 0.2) is 0 Å². The highest BCUT2D eigenvalue weighted by molar-refractivity contribution is 5.87. The van der Waals surface area contributed by atoms with Crippen molar-refractivity contribution >= 4 is 23.4 Å². The lowest BCUT2D eigenvalue weighted by atomic mass is 10.1. The van der Waals surface area contributed by atoms with Gasteiger partial charge >= 0.3 is 5.97 Å². The molecule has 104 valence electrons. The summed E-state index contributed by atoms with van der Waals surface area (Å²) >= 11 is 0. The Balaban J connectivity index is 2.64. The van der Waals surface area contributed by atoms with Crippen molar-refractivity contribution in [2.45, 2.75) is 20.3 Å². The quantitative estimate of drug-likeness (QED) is 0.470. The van der Waals surface area contributed by atoms with Crippen molar-refractivity contribution in [2.75, 3.05) is 24.7 Å². The second kappa shape index (κ2) is 7.46. The fourth-order valence-electron chi connectivity index (χ4n) is 1.57. The Bertz CT molecular complexity index is 453. The number of nitrogens with two attached hydrogens (primary N) is 1. The summed E-state index contributed by atoms with van der Waals surface area (Å²) in [5.41, 5.74) is 8.44. The molecule has 0 aliphatic carbocycles. The number of anilines is 2. The zero-order valence-electron chi connectivity index (χ0n) is 11.8. The third-order valence-corrected chi connectivity index (χ3v) is 2.73. The van der Waals surface area contributed by atoms with Crippen molar-refractivity contribution in [1.82, 2.24) is 0 Å². The van der Waals surface area contributed by atoms with Crippen LogP contribution < -0.4 is 11.1 Å². The normalized spacial score (nSPS) is 10.9. The lowest BCUT2D eigenvalue weighted by Gasteiger charge is -2.11. The van der Waals surface area contributed by atoms with Crippen LogP contribution in [-0.4, -0.2) is 19.6 Å². The molecule has 0 atom stereocenters. The monoisotopic (exact) mass is 262 g/mol. The Labute approximate surface area is 114 Å². The molecule has 0 unspecified atom stereocenters. The van der Waals surface area contributed by atoms with Crippen molar-refractivity contribution in [3.8, 4) is 0 Å². The number of nitrogen functional groups attached to an aromatic ring is 1. The molecule has 1 aromatic carbocycles. The molecule has 0 bridgehead atoms. The SMILES string of the molecule is COC(=O)/C=C/c1ccc(NCCC(C)C)c(N)c1. The largest absolute Gasteiger partial charge is 0.466 e. The number of methoxy groups -OCH3 is 1. The molecule has 3 N–H and O–H groups in total. The zero-order chi connectivity index (χ0) is 14.3. The minimum Gasteiger partial charge on any atom is -0.466 e. The molecule has 0 aliphatic rings. The smallest absolute Gasteiger partial charge is 0.330 e. The van der Waals surface area contributed by atoms with Crippen LogP contribution in [0.15, 0.2) is 24.3 Å². The van der Waals surface area contributed by atoms with Crippen LogP contribution in [0.25, 0.3) is 6.08 Å². The number of carbonyl (C=O) groups excluding carboxylic acids is 1. The molecule has 0 spiro atoms. The molecule has 0 aromatic heterocycles. The van der Waals surface area contributed by atoms with E-state index in [0.717, 1.165) is 24.2 Å². The number of esters is 1. The van der Waals surface area contributed by atoms with Crippen molar-refractivity contribution in [1.29, 1.82) is 0 Å². The lowest BCUT2D eigenvalue weighted by molar-refractivity contribution is -0.134. The second-order valence-corrected chi connectivity index (χ2v) is 4.81. The van der Waals surface area contributed by atoms with Gasteiger partial charge in [0.05, 0.1) is 18.5 Å². The van der Waals surface area contributed by atoms with Crippen LogP contribution in [0.5, 0.6) is 0 Å². The molecule has 0 aliphatic heterocycles. The minimum atomic E-state index is -0.377. The average molecular weight is 262 g/mol. The highest BCUT2D eigenvalue weighted by Crippen LogP contribution is 2.21. The maximum Gasteiger partial charge on any atom is 0.330 e. The molecule has 1 aromatic rings. The Hall–Kier alpha value is -1.97. The van der Waals surface area contributed by atoms with Gasteiger partial charge < -0.3 is 15.8 Å². The standard InChI is InChI=1S/C15H22N2O2/c1-11(2)8-9-17-14-6-4-12(10-13(14)16)5-7-15(18)19-3/h4-7,10-11,17H,8-9,16H2,1-3H3/b7-5+. The molecule has 4 nitrogen and oxygen atoms in total. The first-order valence-corrected chi connectivity index (χ1v) is 6.42. The number of benzene rings is 1. The number of nitrogens with one attached hydrogen (secondary N) is 1. The number of carbonyl (C=O) groups is 1. The molecule has 0 saturated carbocycles. The molecule has 19 heavy (non-hydrogen) atoms. The fourth-order valence-corrected chi connectivity index (χ4v) is 1.57. The van der Waals surface area contributed by atoms with E-state index >= 15 is 0 Å². The van der Waals surface area contributed by atoms with Crippen LogP contribution in [0.4, 0.5) is 11.4 Å². The van der Waals surface area contributed by atoms with Crippen LogP contribution in [0.2, 0.25) is 0 Å². The van der Waals surface area contributed by atoms with Crippen LogP contribution in [0.1, 0.15) is 25.8 Å². The van der Waals surface area contributed by atoms with Gasteiger partial charge in [-0.1, -0.05) is 19.9 Å². The summed E-state index contributed by atoms with van der Waals surface area (Å²) in [6.45, 7) is 5.27. The number of hydrogen-bond donors (Lipinski definition) is 2. The van der Waals surface area contributed by atoms with E-state index in [2.05, 4.69) is 23.9 Å². The van der Waals surface area contributed by atoms with Gasteiger partial charge in [0.1, 0.15) is 0 Å². The van der Waals surface area contributed by atoms with Gasteiger partial charge in [-0.25, -0.2) is 4.79 Å². The van der Waals surface area contributed by atoms with E-state index in [1.54, 1.807) is 6.08 Å². The van der Waals surface area contributed by atoms with Gasteiger partial charge in [-0.15, -0.1) is 0 Å². The number of ether oxygens (including phenoxy) is 1. The minimum absolute atomic E-state index is 0.377. The molecule has 0 fully saturated rings. The van der Waals surface area contributed by atoms with Gasteiger partial charge in [-0.3, -0.25) is 0 Å². The molecule has 0 radical (unpaired) electrons. The molecule has 0 heterocycles. The molecule has 0 saturated heterocycles. The number of rotatable bonds is 6. The van der Waals surface area contributed by atoms with E-state index in [-0.39, 0.29) is 5.97 Å². The predicted molar refractivity (Wildman–Crippen MR) is 79.8 cm³/mol. The van der Waals surface area contributed by atoms with Crippen LogP contribution in [0, 0.1) is 5.92 Å². The Morgan fingerprint density at radius 1 is 1.47 bits per heavy atom. The first-order chi connectivity index (χ1) is 9.02. The average Bonchev–Trinajstić information content (AvgIpc) is 2.37. The van der Waals surface area contributed by atoms with Crippen LogP contribution >= 0.6 is 0 Å². The van der Waals surface area contributed by atoms with Crippen molar-refractivity contribution in [3.05, 3.63) is 29.8 Å². The van der Waals surface area contributed by atoms with Crippen molar-refractivity contribution in [2.24, 2.45) is 5.92 Å².